The topological polar surface area (TPSA) is 51.4 Å². The normalized spacial score (nSPS) is 15.1. The Hall–Kier alpha value is -1.45. The van der Waals surface area contributed by atoms with Crippen molar-refractivity contribution in [3.05, 3.63) is 11.6 Å². The molecule has 1 aromatic rings. The zero-order valence-electron chi connectivity index (χ0n) is 7.87. The van der Waals surface area contributed by atoms with Crippen LogP contribution in [0.2, 0.25) is 0 Å². The highest BCUT2D eigenvalue weighted by Crippen LogP contribution is 2.30. The van der Waals surface area contributed by atoms with Crippen molar-refractivity contribution in [1.29, 1.82) is 0 Å². The van der Waals surface area contributed by atoms with Gasteiger partial charge in [-0.2, -0.15) is 4.98 Å². The second-order valence-corrected chi connectivity index (χ2v) is 3.28. The maximum Gasteiger partial charge on any atom is 0.239 e. The Kier molecular flexibility index (Phi) is 1.76. The maximum atomic E-state index is 5.68. The number of likely N-dealkylation sites (N-methyl/N-ethyl adjacent to an activating group) is 1. The molecule has 0 saturated carbocycles. The third kappa shape index (κ3) is 1.28. The molecule has 0 amide bonds. The summed E-state index contributed by atoms with van der Waals surface area (Å²) in [6.45, 7) is 3.53. The molecule has 70 valence electrons. The van der Waals surface area contributed by atoms with Crippen LogP contribution >= 0.6 is 0 Å². The van der Waals surface area contributed by atoms with Crippen molar-refractivity contribution >= 4 is 11.5 Å². The molecule has 4 heteroatoms. The van der Waals surface area contributed by atoms with Gasteiger partial charge in [-0.3, -0.25) is 0 Å². The van der Waals surface area contributed by atoms with Crippen LogP contribution in [0.3, 0.4) is 0 Å². The van der Waals surface area contributed by atoms with Gasteiger partial charge in [0.1, 0.15) is 18.1 Å². The summed E-state index contributed by atoms with van der Waals surface area (Å²) in [6, 6.07) is 2.01. The summed E-state index contributed by atoms with van der Waals surface area (Å²) in [4.78, 5) is 6.30. The van der Waals surface area contributed by atoms with E-state index in [0.29, 0.717) is 18.3 Å². The lowest BCUT2D eigenvalue weighted by atomic mass is 10.2. The van der Waals surface area contributed by atoms with E-state index in [1.807, 2.05) is 20.0 Å². The number of ether oxygens (including phenoxy) is 1. The summed E-state index contributed by atoms with van der Waals surface area (Å²) in [5.41, 5.74) is 7.70. The van der Waals surface area contributed by atoms with Crippen LogP contribution in [0, 0.1) is 6.92 Å². The monoisotopic (exact) mass is 179 g/mol. The number of aryl methyl sites for hydroxylation is 1. The molecule has 1 aromatic heterocycles. The van der Waals surface area contributed by atoms with Crippen LogP contribution in [0.25, 0.3) is 0 Å². The molecule has 13 heavy (non-hydrogen) atoms. The van der Waals surface area contributed by atoms with Gasteiger partial charge in [-0.15, -0.1) is 0 Å². The number of hydrogen-bond acceptors (Lipinski definition) is 4. The first-order valence-corrected chi connectivity index (χ1v) is 4.29. The first-order valence-electron chi connectivity index (χ1n) is 4.29. The number of hydrogen-bond donors (Lipinski definition) is 1. The molecule has 0 fully saturated rings. The highest BCUT2D eigenvalue weighted by molar-refractivity contribution is 5.61. The minimum atomic E-state index is 0.550. The fourth-order valence-corrected chi connectivity index (χ4v) is 1.37. The highest BCUT2D eigenvalue weighted by atomic mass is 16.5. The SMILES string of the molecule is Cc1cc2c(nc1N)OCCN2C. The Morgan fingerprint density at radius 3 is 3.15 bits per heavy atom. The molecule has 0 bridgehead atoms. The molecule has 0 unspecified atom stereocenters. The number of pyridine rings is 1. The Bertz CT molecular complexity index is 338. The number of fused-ring (bicyclic) bond motifs is 1. The third-order valence-corrected chi connectivity index (χ3v) is 2.28. The van der Waals surface area contributed by atoms with Gasteiger partial charge in [0.05, 0.1) is 6.54 Å². The average Bonchev–Trinajstić information content (AvgIpc) is 2.09. The second-order valence-electron chi connectivity index (χ2n) is 3.28. The van der Waals surface area contributed by atoms with Crippen LogP contribution in [0.4, 0.5) is 11.5 Å². The van der Waals surface area contributed by atoms with Gasteiger partial charge in [-0.05, 0) is 18.6 Å². The van der Waals surface area contributed by atoms with E-state index in [1.165, 1.54) is 0 Å². The minimum Gasteiger partial charge on any atom is -0.474 e. The Morgan fingerprint density at radius 2 is 2.38 bits per heavy atom. The van der Waals surface area contributed by atoms with Crippen molar-refractivity contribution in [2.75, 3.05) is 30.8 Å². The number of nitrogens with zero attached hydrogens (tertiary/aromatic N) is 2. The van der Waals surface area contributed by atoms with Crippen LogP contribution in [0.1, 0.15) is 5.56 Å². The summed E-state index contributed by atoms with van der Waals surface area (Å²) in [7, 11) is 2.03. The smallest absolute Gasteiger partial charge is 0.239 e. The van der Waals surface area contributed by atoms with E-state index in [1.54, 1.807) is 0 Å². The predicted octanol–water partition coefficient (Wildman–Crippen LogP) is 0.801. The zero-order chi connectivity index (χ0) is 9.42. The lowest BCUT2D eigenvalue weighted by molar-refractivity contribution is 0.299. The first-order chi connectivity index (χ1) is 6.18. The van der Waals surface area contributed by atoms with Gasteiger partial charge >= 0.3 is 0 Å². The van der Waals surface area contributed by atoms with Crippen molar-refractivity contribution in [3.63, 3.8) is 0 Å². The van der Waals surface area contributed by atoms with Crippen LogP contribution < -0.4 is 15.4 Å². The number of rotatable bonds is 0. The fraction of sp³-hybridized carbons (Fsp3) is 0.444. The van der Waals surface area contributed by atoms with Crippen molar-refractivity contribution in [1.82, 2.24) is 4.98 Å². The van der Waals surface area contributed by atoms with Crippen molar-refractivity contribution in [2.45, 2.75) is 6.92 Å². The second kappa shape index (κ2) is 2.80. The molecule has 0 atom stereocenters. The molecule has 0 aliphatic carbocycles. The van der Waals surface area contributed by atoms with Gasteiger partial charge < -0.3 is 15.4 Å². The summed E-state index contributed by atoms with van der Waals surface area (Å²) < 4.78 is 5.40. The van der Waals surface area contributed by atoms with Crippen molar-refractivity contribution in [2.24, 2.45) is 0 Å². The molecular formula is C9H13N3O. The summed E-state index contributed by atoms with van der Waals surface area (Å²) in [5, 5.41) is 0. The van der Waals surface area contributed by atoms with E-state index in [4.69, 9.17) is 10.5 Å². The Balaban J connectivity index is 2.52. The lowest BCUT2D eigenvalue weighted by Crippen LogP contribution is -2.29. The molecular weight excluding hydrogens is 166 g/mol. The van der Waals surface area contributed by atoms with Gasteiger partial charge in [0.15, 0.2) is 0 Å². The standard InChI is InChI=1S/C9H13N3O/c1-6-5-7-9(11-8(6)10)13-4-3-12(7)2/h5H,3-4H2,1-2H3,(H2,10,11). The lowest BCUT2D eigenvalue weighted by Gasteiger charge is -2.27. The number of nitrogens with two attached hydrogens (primary N) is 1. The van der Waals surface area contributed by atoms with Crippen molar-refractivity contribution < 1.29 is 4.74 Å². The molecule has 1 aliphatic heterocycles. The van der Waals surface area contributed by atoms with Gasteiger partial charge in [-0.1, -0.05) is 0 Å². The minimum absolute atomic E-state index is 0.550. The summed E-state index contributed by atoms with van der Waals surface area (Å²) in [6.07, 6.45) is 0. The quantitative estimate of drug-likeness (QED) is 0.640. The van der Waals surface area contributed by atoms with Crippen LogP contribution in [-0.4, -0.2) is 25.2 Å². The van der Waals surface area contributed by atoms with Crippen LogP contribution in [0.5, 0.6) is 5.88 Å². The first kappa shape index (κ1) is 8.16. The van der Waals surface area contributed by atoms with E-state index in [2.05, 4.69) is 9.88 Å². The zero-order valence-corrected chi connectivity index (χ0v) is 7.87. The molecule has 0 aromatic carbocycles. The van der Waals surface area contributed by atoms with E-state index < -0.39 is 0 Å². The number of aromatic nitrogens is 1. The van der Waals surface area contributed by atoms with E-state index in [-0.39, 0.29) is 0 Å². The Labute approximate surface area is 77.3 Å². The van der Waals surface area contributed by atoms with Gasteiger partial charge in [0.2, 0.25) is 5.88 Å². The predicted molar refractivity (Wildman–Crippen MR) is 52.2 cm³/mol. The number of nitrogen functional groups attached to an aromatic ring is 1. The Morgan fingerprint density at radius 1 is 1.62 bits per heavy atom. The molecule has 2 heterocycles. The fourth-order valence-electron chi connectivity index (χ4n) is 1.37. The van der Waals surface area contributed by atoms with Gasteiger partial charge in [-0.25, -0.2) is 0 Å². The van der Waals surface area contributed by atoms with Crippen LogP contribution in [-0.2, 0) is 0 Å². The van der Waals surface area contributed by atoms with E-state index in [0.717, 1.165) is 17.8 Å². The maximum absolute atomic E-state index is 5.68. The molecule has 0 saturated heterocycles. The largest absolute Gasteiger partial charge is 0.474 e. The molecule has 2 N–H and O–H groups in total. The van der Waals surface area contributed by atoms with Crippen molar-refractivity contribution in [3.8, 4) is 5.88 Å². The third-order valence-electron chi connectivity index (χ3n) is 2.28. The van der Waals surface area contributed by atoms with E-state index in [9.17, 15) is 0 Å². The number of anilines is 2. The van der Waals surface area contributed by atoms with E-state index >= 15 is 0 Å². The summed E-state index contributed by atoms with van der Waals surface area (Å²) >= 11 is 0. The molecule has 0 radical (unpaired) electrons. The molecule has 4 nitrogen and oxygen atoms in total. The highest BCUT2D eigenvalue weighted by Gasteiger charge is 2.17. The average molecular weight is 179 g/mol. The summed E-state index contributed by atoms with van der Waals surface area (Å²) in [5.74, 6) is 1.20. The molecule has 2 rings (SSSR count). The van der Waals surface area contributed by atoms with Gasteiger partial charge in [0.25, 0.3) is 0 Å². The molecule has 0 spiro atoms. The van der Waals surface area contributed by atoms with Gasteiger partial charge in [0, 0.05) is 7.05 Å². The van der Waals surface area contributed by atoms with Crippen LogP contribution in [0.15, 0.2) is 6.07 Å². The molecule has 1 aliphatic rings.